The average Bonchev–Trinajstić information content (AvgIpc) is 2.97. The Hall–Kier alpha value is -1.08. The first-order valence-corrected chi connectivity index (χ1v) is 7.12. The van der Waals surface area contributed by atoms with Gasteiger partial charge in [0.1, 0.15) is 12.2 Å². The van der Waals surface area contributed by atoms with E-state index in [9.17, 15) is 5.11 Å². The zero-order valence-electron chi connectivity index (χ0n) is 10.2. The van der Waals surface area contributed by atoms with Crippen molar-refractivity contribution in [3.63, 3.8) is 0 Å². The van der Waals surface area contributed by atoms with E-state index in [0.717, 1.165) is 5.75 Å². The largest absolute Gasteiger partial charge is 0.462 e. The van der Waals surface area contributed by atoms with Gasteiger partial charge in [-0.25, -0.2) is 4.99 Å². The molecule has 4 atom stereocenters. The van der Waals surface area contributed by atoms with Crippen molar-refractivity contribution in [3.8, 4) is 0 Å². The first-order valence-electron chi connectivity index (χ1n) is 6.13. The molecule has 2 heterocycles. The number of nitrogens with zero attached hydrogens (tertiary/aromatic N) is 1. The summed E-state index contributed by atoms with van der Waals surface area (Å²) in [6.07, 6.45) is -2.41. The molecule has 5 nitrogen and oxygen atoms in total. The Kier molecular flexibility index (Phi) is 3.74. The zero-order valence-corrected chi connectivity index (χ0v) is 11.0. The number of aliphatic hydroxyl groups excluding tert-OH is 2. The van der Waals surface area contributed by atoms with Crippen LogP contribution in [0.1, 0.15) is 5.56 Å². The molecule has 0 spiro atoms. The molecular weight excluding hydrogens is 266 g/mol. The predicted molar refractivity (Wildman–Crippen MR) is 71.8 cm³/mol. The van der Waals surface area contributed by atoms with E-state index in [1.807, 2.05) is 30.3 Å². The van der Waals surface area contributed by atoms with Crippen LogP contribution in [-0.2, 0) is 15.2 Å². The summed E-state index contributed by atoms with van der Waals surface area (Å²) in [4.78, 5) is 4.28. The van der Waals surface area contributed by atoms with Crippen LogP contribution < -0.4 is 0 Å². The Morgan fingerprint density at radius 3 is 2.74 bits per heavy atom. The van der Waals surface area contributed by atoms with E-state index in [0.29, 0.717) is 5.23 Å². The number of aliphatic imine (C=N–C) groups is 1. The summed E-state index contributed by atoms with van der Waals surface area (Å²) in [6, 6.07) is 10.0. The lowest BCUT2D eigenvalue weighted by Gasteiger charge is -2.14. The van der Waals surface area contributed by atoms with Gasteiger partial charge in [-0.2, -0.15) is 0 Å². The maximum absolute atomic E-state index is 9.87. The van der Waals surface area contributed by atoms with Crippen molar-refractivity contribution in [1.29, 1.82) is 0 Å². The Bertz CT molecular complexity index is 467. The van der Waals surface area contributed by atoms with Gasteiger partial charge in [-0.15, -0.1) is 0 Å². The van der Waals surface area contributed by atoms with Crippen molar-refractivity contribution < 1.29 is 19.7 Å². The first kappa shape index (κ1) is 12.9. The van der Waals surface area contributed by atoms with Crippen LogP contribution in [0.25, 0.3) is 0 Å². The normalized spacial score (nSPS) is 32.8. The van der Waals surface area contributed by atoms with Crippen molar-refractivity contribution in [2.24, 2.45) is 4.99 Å². The van der Waals surface area contributed by atoms with Crippen LogP contribution in [0, 0.1) is 0 Å². The van der Waals surface area contributed by atoms with E-state index in [4.69, 9.17) is 14.6 Å². The van der Waals surface area contributed by atoms with Crippen LogP contribution in [-0.4, -0.2) is 46.6 Å². The lowest BCUT2D eigenvalue weighted by atomic mass is 10.1. The minimum absolute atomic E-state index is 0.223. The van der Waals surface area contributed by atoms with Crippen molar-refractivity contribution in [3.05, 3.63) is 35.9 Å². The second-order valence-electron chi connectivity index (χ2n) is 4.49. The summed E-state index contributed by atoms with van der Waals surface area (Å²) in [5, 5.41) is 19.4. The molecule has 1 fully saturated rings. The lowest BCUT2D eigenvalue weighted by Crippen LogP contribution is -2.34. The van der Waals surface area contributed by atoms with Crippen LogP contribution in [0.3, 0.4) is 0 Å². The van der Waals surface area contributed by atoms with Crippen LogP contribution in [0.2, 0.25) is 0 Å². The number of thioether (sulfide) groups is 1. The van der Waals surface area contributed by atoms with Gasteiger partial charge in [-0.05, 0) is 5.56 Å². The van der Waals surface area contributed by atoms with Crippen LogP contribution in [0.4, 0.5) is 0 Å². The highest BCUT2D eigenvalue weighted by atomic mass is 32.2. The standard InChI is InChI=1S/C13H15NO4S/c15-6-9-10(16)11-12(17-9)14-13(18-11)19-7-8-4-2-1-3-5-8/h1-5,9-12,15-16H,6-7H2/t9-,10-,11+,12-/m1/s1. The summed E-state index contributed by atoms with van der Waals surface area (Å²) >= 11 is 1.48. The molecular formula is C13H15NO4S. The predicted octanol–water partition coefficient (Wildman–Crippen LogP) is 0.753. The topological polar surface area (TPSA) is 71.3 Å². The van der Waals surface area contributed by atoms with Gasteiger partial charge in [0.25, 0.3) is 0 Å². The molecule has 19 heavy (non-hydrogen) atoms. The van der Waals surface area contributed by atoms with Crippen molar-refractivity contribution in [1.82, 2.24) is 0 Å². The number of benzene rings is 1. The summed E-state index contributed by atoms with van der Waals surface area (Å²) in [7, 11) is 0. The fraction of sp³-hybridized carbons (Fsp3) is 0.462. The van der Waals surface area contributed by atoms with Gasteiger partial charge in [0.15, 0.2) is 12.3 Å². The maximum Gasteiger partial charge on any atom is 0.249 e. The zero-order chi connectivity index (χ0) is 13.2. The number of hydrogen-bond donors (Lipinski definition) is 2. The number of hydrogen-bond acceptors (Lipinski definition) is 6. The van der Waals surface area contributed by atoms with Crippen LogP contribution >= 0.6 is 11.8 Å². The van der Waals surface area contributed by atoms with E-state index in [-0.39, 0.29) is 6.61 Å². The van der Waals surface area contributed by atoms with E-state index < -0.39 is 24.5 Å². The minimum atomic E-state index is -0.825. The lowest BCUT2D eigenvalue weighted by molar-refractivity contribution is -0.0203. The summed E-state index contributed by atoms with van der Waals surface area (Å²) in [5.74, 6) is 0.763. The highest BCUT2D eigenvalue weighted by Gasteiger charge is 2.49. The fourth-order valence-electron chi connectivity index (χ4n) is 2.14. The molecule has 2 N–H and O–H groups in total. The molecule has 0 unspecified atom stereocenters. The third kappa shape index (κ3) is 2.62. The highest BCUT2D eigenvalue weighted by Crippen LogP contribution is 2.32. The van der Waals surface area contributed by atoms with Gasteiger partial charge < -0.3 is 19.7 Å². The van der Waals surface area contributed by atoms with E-state index in [2.05, 4.69) is 4.99 Å². The van der Waals surface area contributed by atoms with Crippen molar-refractivity contribution >= 4 is 17.0 Å². The van der Waals surface area contributed by atoms with E-state index >= 15 is 0 Å². The molecule has 0 aliphatic carbocycles. The Balaban J connectivity index is 1.58. The molecule has 1 aromatic rings. The van der Waals surface area contributed by atoms with Gasteiger partial charge in [0.2, 0.25) is 5.23 Å². The average molecular weight is 281 g/mol. The van der Waals surface area contributed by atoms with Crippen molar-refractivity contribution in [2.45, 2.75) is 30.3 Å². The Morgan fingerprint density at radius 2 is 2.05 bits per heavy atom. The third-order valence-corrected chi connectivity index (χ3v) is 4.09. The molecule has 2 aliphatic rings. The first-order chi connectivity index (χ1) is 9.28. The fourth-order valence-corrected chi connectivity index (χ4v) is 2.98. The molecule has 102 valence electrons. The Morgan fingerprint density at radius 1 is 1.26 bits per heavy atom. The molecule has 2 aliphatic heterocycles. The number of aliphatic hydroxyl groups is 2. The number of ether oxygens (including phenoxy) is 2. The van der Waals surface area contributed by atoms with Crippen LogP contribution in [0.5, 0.6) is 0 Å². The second-order valence-corrected chi connectivity index (χ2v) is 5.42. The molecule has 6 heteroatoms. The van der Waals surface area contributed by atoms with Gasteiger partial charge in [0.05, 0.1) is 6.61 Å². The summed E-state index contributed by atoms with van der Waals surface area (Å²) in [6.45, 7) is -0.223. The molecule has 1 aromatic carbocycles. The highest BCUT2D eigenvalue weighted by molar-refractivity contribution is 8.12. The maximum atomic E-state index is 9.87. The molecule has 1 saturated heterocycles. The molecule has 3 rings (SSSR count). The van der Waals surface area contributed by atoms with E-state index in [1.54, 1.807) is 0 Å². The smallest absolute Gasteiger partial charge is 0.249 e. The van der Waals surface area contributed by atoms with E-state index in [1.165, 1.54) is 17.3 Å². The van der Waals surface area contributed by atoms with Crippen molar-refractivity contribution in [2.75, 3.05) is 6.61 Å². The van der Waals surface area contributed by atoms with Gasteiger partial charge >= 0.3 is 0 Å². The van der Waals surface area contributed by atoms with Crippen LogP contribution in [0.15, 0.2) is 35.3 Å². The molecule has 0 aromatic heterocycles. The third-order valence-electron chi connectivity index (χ3n) is 3.17. The number of rotatable bonds is 3. The van der Waals surface area contributed by atoms with Gasteiger partial charge in [-0.1, -0.05) is 42.1 Å². The van der Waals surface area contributed by atoms with Gasteiger partial charge in [-0.3, -0.25) is 0 Å². The summed E-state index contributed by atoms with van der Waals surface area (Å²) < 4.78 is 11.0. The minimum Gasteiger partial charge on any atom is -0.462 e. The molecule has 0 saturated carbocycles. The molecule has 0 radical (unpaired) electrons. The SMILES string of the molecule is OC[C@H]1O[C@H]2N=C(SCc3ccccc3)O[C@H]2[C@@H]1O. The quantitative estimate of drug-likeness (QED) is 0.855. The second kappa shape index (κ2) is 5.50. The molecule has 0 bridgehead atoms. The number of fused-ring (bicyclic) bond motifs is 1. The Labute approximate surface area is 115 Å². The summed E-state index contributed by atoms with van der Waals surface area (Å²) in [5.41, 5.74) is 1.19. The monoisotopic (exact) mass is 281 g/mol. The van der Waals surface area contributed by atoms with Gasteiger partial charge in [0, 0.05) is 5.75 Å². The molecule has 0 amide bonds.